The summed E-state index contributed by atoms with van der Waals surface area (Å²) in [6.07, 6.45) is 36.3. The van der Waals surface area contributed by atoms with Crippen molar-refractivity contribution in [3.05, 3.63) is 36.5 Å². The second kappa shape index (κ2) is 45.4. The lowest BCUT2D eigenvalue weighted by Gasteiger charge is -2.42. The molecule has 2 rings (SSSR count). The molecule has 11 atom stereocenters. The van der Waals surface area contributed by atoms with E-state index in [1.54, 1.807) is 0 Å². The third kappa shape index (κ3) is 31.9. The van der Waals surface area contributed by atoms with Crippen LogP contribution >= 0.6 is 0 Å². The second-order valence-electron chi connectivity index (χ2n) is 20.5. The summed E-state index contributed by atoms with van der Waals surface area (Å²) in [5.74, 6) is -0.384. The molecule has 11 unspecified atom stereocenters. The molecule has 2 aliphatic rings. The van der Waals surface area contributed by atoms with Gasteiger partial charge in [0.15, 0.2) is 12.6 Å². The van der Waals surface area contributed by atoms with Gasteiger partial charge >= 0.3 is 5.97 Å². The summed E-state index contributed by atoms with van der Waals surface area (Å²) in [5, 5.41) is 72.3. The summed E-state index contributed by atoms with van der Waals surface area (Å²) >= 11 is 0. The minimum absolute atomic E-state index is 0.0575. The van der Waals surface area contributed by atoms with Crippen LogP contribution in [0, 0.1) is 0 Å². The predicted octanol–water partition coefficient (Wildman–Crippen LogP) is 10.1. The lowest BCUT2D eigenvalue weighted by molar-refractivity contribution is -0.332. The van der Waals surface area contributed by atoms with Crippen molar-refractivity contribution in [2.75, 3.05) is 33.0 Å². The molecule has 0 amide bonds. The van der Waals surface area contributed by atoms with Crippen LogP contribution in [0.3, 0.4) is 0 Å². The Labute approximate surface area is 436 Å². The van der Waals surface area contributed by atoms with Crippen LogP contribution in [0.5, 0.6) is 0 Å². The zero-order valence-electron chi connectivity index (χ0n) is 45.2. The van der Waals surface area contributed by atoms with Gasteiger partial charge in [-0.2, -0.15) is 0 Å². The van der Waals surface area contributed by atoms with Gasteiger partial charge in [-0.05, 0) is 70.6 Å². The minimum atomic E-state index is -1.71. The zero-order valence-corrected chi connectivity index (χ0v) is 45.2. The SMILES string of the molecule is CCCCCCC/C=C\C/C=C\CCCCCCCCCCCCOCC(COC1OC(COC2OC(CO)C(O)C(O)C2O)C(O)C(O)C1O)OC(=O)CCCCCCC/C=C\CCCCCCCCC. The van der Waals surface area contributed by atoms with E-state index >= 15 is 0 Å². The summed E-state index contributed by atoms with van der Waals surface area (Å²) in [4.78, 5) is 13.1. The summed E-state index contributed by atoms with van der Waals surface area (Å²) in [6, 6.07) is 0. The quantitative estimate of drug-likeness (QED) is 0.0172. The molecule has 0 aromatic rings. The third-order valence-electron chi connectivity index (χ3n) is 13.9. The first kappa shape index (κ1) is 66.3. The van der Waals surface area contributed by atoms with Crippen molar-refractivity contribution < 1.29 is 69.0 Å². The molecule has 2 aliphatic heterocycles. The molecule has 0 radical (unpaired) electrons. The molecule has 2 heterocycles. The van der Waals surface area contributed by atoms with E-state index in [1.807, 2.05) is 0 Å². The van der Waals surface area contributed by atoms with Gasteiger partial charge in [-0.25, -0.2) is 0 Å². The van der Waals surface area contributed by atoms with Crippen LogP contribution in [0.1, 0.15) is 226 Å². The van der Waals surface area contributed by atoms with Crippen molar-refractivity contribution in [2.24, 2.45) is 0 Å². The minimum Gasteiger partial charge on any atom is -0.457 e. The van der Waals surface area contributed by atoms with Crippen LogP contribution in [0.25, 0.3) is 0 Å². The molecule has 14 nitrogen and oxygen atoms in total. The van der Waals surface area contributed by atoms with Crippen molar-refractivity contribution in [3.63, 3.8) is 0 Å². The Bertz CT molecular complexity index is 1330. The largest absolute Gasteiger partial charge is 0.457 e. The number of unbranched alkanes of at least 4 members (excludes halogenated alkanes) is 27. The second-order valence-corrected chi connectivity index (χ2v) is 20.5. The average Bonchev–Trinajstić information content (AvgIpc) is 3.38. The van der Waals surface area contributed by atoms with Gasteiger partial charge in [0.1, 0.15) is 54.9 Å². The molecule has 0 aromatic heterocycles. The van der Waals surface area contributed by atoms with Crippen LogP contribution in [-0.2, 0) is 33.2 Å². The van der Waals surface area contributed by atoms with E-state index < -0.39 is 80.7 Å². The van der Waals surface area contributed by atoms with Gasteiger partial charge in [0.25, 0.3) is 0 Å². The maximum atomic E-state index is 13.1. The van der Waals surface area contributed by atoms with Crippen LogP contribution in [0.4, 0.5) is 0 Å². The molecule has 7 N–H and O–H groups in total. The molecule has 0 bridgehead atoms. The van der Waals surface area contributed by atoms with Crippen molar-refractivity contribution in [1.82, 2.24) is 0 Å². The number of hydrogen-bond acceptors (Lipinski definition) is 14. The topological polar surface area (TPSA) is 214 Å². The van der Waals surface area contributed by atoms with E-state index in [0.29, 0.717) is 13.0 Å². The first-order chi connectivity index (χ1) is 35.1. The van der Waals surface area contributed by atoms with Crippen molar-refractivity contribution in [1.29, 1.82) is 0 Å². The fourth-order valence-electron chi connectivity index (χ4n) is 9.13. The van der Waals surface area contributed by atoms with Crippen LogP contribution in [0.2, 0.25) is 0 Å². The lowest BCUT2D eigenvalue weighted by atomic mass is 9.98. The first-order valence-corrected chi connectivity index (χ1v) is 29.1. The first-order valence-electron chi connectivity index (χ1n) is 29.1. The highest BCUT2D eigenvalue weighted by Gasteiger charge is 2.47. The summed E-state index contributed by atoms with van der Waals surface area (Å²) in [7, 11) is 0. The highest BCUT2D eigenvalue weighted by molar-refractivity contribution is 5.69. The van der Waals surface area contributed by atoms with Gasteiger partial charge in [-0.1, -0.05) is 185 Å². The Hall–Kier alpha value is -1.79. The fourth-order valence-corrected chi connectivity index (χ4v) is 9.13. The molecule has 2 saturated heterocycles. The molecule has 422 valence electrons. The van der Waals surface area contributed by atoms with E-state index in [4.69, 9.17) is 28.4 Å². The molecule has 0 aliphatic carbocycles. The average molecular weight is 1030 g/mol. The number of rotatable bonds is 47. The number of hydrogen-bond donors (Lipinski definition) is 7. The maximum Gasteiger partial charge on any atom is 0.306 e. The fraction of sp³-hybridized carbons (Fsp3) is 0.879. The Morgan fingerprint density at radius 2 is 0.861 bits per heavy atom. The molecule has 0 saturated carbocycles. The number of ether oxygens (including phenoxy) is 6. The van der Waals surface area contributed by atoms with Gasteiger partial charge in [0, 0.05) is 13.0 Å². The molecular weight excluding hydrogens is 921 g/mol. The molecule has 14 heteroatoms. The van der Waals surface area contributed by atoms with Gasteiger partial charge in [-0.15, -0.1) is 0 Å². The normalized spacial score (nSPS) is 25.3. The molecule has 0 aromatic carbocycles. The van der Waals surface area contributed by atoms with E-state index in [1.165, 1.54) is 135 Å². The standard InChI is InChI=1S/C58H106O14/c1-3-5-7-9-11-13-15-17-19-21-22-23-24-25-26-28-30-32-34-36-38-40-42-67-44-47(70-50(60)41-39-37-35-33-31-29-27-20-18-16-14-12-10-8-6-4-2)45-68-57-56(66)54(64)52(62)49(72-57)46-69-58-55(65)53(63)51(61)48(43-59)71-58/h15,17,20-22,27,47-49,51-59,61-66H,3-14,16,18-19,23-26,28-46H2,1-2H3/b17-15-,22-21-,27-20-. The van der Waals surface area contributed by atoms with Gasteiger partial charge < -0.3 is 64.2 Å². The van der Waals surface area contributed by atoms with E-state index in [2.05, 4.69) is 50.3 Å². The summed E-state index contributed by atoms with van der Waals surface area (Å²) in [5.41, 5.74) is 0. The Kier molecular flexibility index (Phi) is 41.8. The maximum absolute atomic E-state index is 13.1. The summed E-state index contributed by atoms with van der Waals surface area (Å²) in [6.45, 7) is 3.68. The van der Waals surface area contributed by atoms with Crippen LogP contribution < -0.4 is 0 Å². The van der Waals surface area contributed by atoms with Crippen molar-refractivity contribution in [3.8, 4) is 0 Å². The monoisotopic (exact) mass is 1030 g/mol. The highest BCUT2D eigenvalue weighted by atomic mass is 16.7. The number of carbonyl (C=O) groups excluding carboxylic acids is 1. The number of aliphatic hydroxyl groups excluding tert-OH is 7. The smallest absolute Gasteiger partial charge is 0.306 e. The van der Waals surface area contributed by atoms with E-state index in [0.717, 1.165) is 64.2 Å². The Morgan fingerprint density at radius 1 is 0.458 bits per heavy atom. The van der Waals surface area contributed by atoms with Crippen molar-refractivity contribution >= 4 is 5.97 Å². The number of aliphatic hydroxyl groups is 7. The number of carbonyl (C=O) groups is 1. The van der Waals surface area contributed by atoms with Crippen molar-refractivity contribution in [2.45, 2.75) is 293 Å². The van der Waals surface area contributed by atoms with Crippen LogP contribution in [0.15, 0.2) is 36.5 Å². The lowest BCUT2D eigenvalue weighted by Crippen LogP contribution is -2.61. The third-order valence-corrected chi connectivity index (χ3v) is 13.9. The molecular formula is C58H106O14. The van der Waals surface area contributed by atoms with E-state index in [9.17, 15) is 40.5 Å². The van der Waals surface area contributed by atoms with Gasteiger partial charge in [0.2, 0.25) is 0 Å². The van der Waals surface area contributed by atoms with Crippen LogP contribution in [-0.4, -0.2) is 142 Å². The van der Waals surface area contributed by atoms with E-state index in [-0.39, 0.29) is 25.6 Å². The molecule has 0 spiro atoms. The van der Waals surface area contributed by atoms with Gasteiger partial charge in [0.05, 0.1) is 26.4 Å². The Morgan fingerprint density at radius 3 is 1.35 bits per heavy atom. The highest BCUT2D eigenvalue weighted by Crippen LogP contribution is 2.27. The molecule has 72 heavy (non-hydrogen) atoms. The number of esters is 1. The molecule has 2 fully saturated rings. The zero-order chi connectivity index (χ0) is 52.3. The summed E-state index contributed by atoms with van der Waals surface area (Å²) < 4.78 is 34.4. The predicted molar refractivity (Wildman–Crippen MR) is 284 cm³/mol. The number of allylic oxidation sites excluding steroid dienone is 6. The Balaban J connectivity index is 1.71. The van der Waals surface area contributed by atoms with Gasteiger partial charge in [-0.3, -0.25) is 4.79 Å².